The highest BCUT2D eigenvalue weighted by Crippen LogP contribution is 2.14. The van der Waals surface area contributed by atoms with Crippen LogP contribution in [0.15, 0.2) is 71.7 Å². The van der Waals surface area contributed by atoms with Crippen LogP contribution in [0.4, 0.5) is 0 Å². The lowest BCUT2D eigenvalue weighted by atomic mass is 10.1. The Morgan fingerprint density at radius 2 is 1.76 bits per heavy atom. The summed E-state index contributed by atoms with van der Waals surface area (Å²) in [6.07, 6.45) is 1.68. The zero-order chi connectivity index (χ0) is 20.6. The molecule has 6 heteroatoms. The average Bonchev–Trinajstić information content (AvgIpc) is 3.25. The summed E-state index contributed by atoms with van der Waals surface area (Å²) < 4.78 is 5.14. The molecule has 0 radical (unpaired) electrons. The third-order valence-electron chi connectivity index (χ3n) is 4.25. The first-order valence-electron chi connectivity index (χ1n) is 9.09. The van der Waals surface area contributed by atoms with Crippen LogP contribution in [0.3, 0.4) is 0 Å². The van der Waals surface area contributed by atoms with E-state index in [0.29, 0.717) is 12.1 Å². The van der Waals surface area contributed by atoms with Crippen molar-refractivity contribution in [2.24, 2.45) is 0 Å². The van der Waals surface area contributed by atoms with Crippen LogP contribution in [0.25, 0.3) is 6.08 Å². The number of nitrogens with one attached hydrogen (secondary N) is 2. The first-order valence-corrected chi connectivity index (χ1v) is 9.97. The van der Waals surface area contributed by atoms with Gasteiger partial charge in [-0.2, -0.15) is 0 Å². The van der Waals surface area contributed by atoms with Gasteiger partial charge >= 0.3 is 0 Å². The van der Waals surface area contributed by atoms with Crippen molar-refractivity contribution in [2.75, 3.05) is 7.11 Å². The third-order valence-corrected chi connectivity index (χ3v) is 5.07. The molecule has 0 aliphatic carbocycles. The van der Waals surface area contributed by atoms with Crippen molar-refractivity contribution < 1.29 is 14.3 Å². The number of amides is 2. The number of rotatable bonds is 7. The van der Waals surface area contributed by atoms with Gasteiger partial charge in [0, 0.05) is 17.0 Å². The van der Waals surface area contributed by atoms with Gasteiger partial charge in [0.05, 0.1) is 7.11 Å². The zero-order valence-corrected chi connectivity index (χ0v) is 17.1. The maximum Gasteiger partial charge on any atom is 0.268 e. The number of thiophene rings is 1. The molecule has 0 aliphatic rings. The van der Waals surface area contributed by atoms with Crippen molar-refractivity contribution in [3.05, 3.63) is 93.3 Å². The summed E-state index contributed by atoms with van der Waals surface area (Å²) in [5, 5.41) is 7.52. The lowest BCUT2D eigenvalue weighted by Gasteiger charge is -2.11. The normalized spacial score (nSPS) is 11.0. The first kappa shape index (κ1) is 20.4. The Bertz CT molecular complexity index is 992. The number of benzene rings is 2. The largest absolute Gasteiger partial charge is 0.497 e. The standard InChI is InChI=1S/C23H22N2O3S/c1-16-5-9-18(10-6-16)22(26)25-21(14-20-4-3-13-29-20)23(27)24-15-17-7-11-19(28-2)12-8-17/h3-14H,15H2,1-2H3,(H,24,27)(H,25,26)/b21-14-. The SMILES string of the molecule is COc1ccc(CNC(=O)/C(=C/c2cccs2)NC(=O)c2ccc(C)cc2)cc1. The summed E-state index contributed by atoms with van der Waals surface area (Å²) in [5.74, 6) is 0.0748. The maximum atomic E-state index is 12.8. The highest BCUT2D eigenvalue weighted by atomic mass is 32.1. The van der Waals surface area contributed by atoms with Gasteiger partial charge in [-0.15, -0.1) is 11.3 Å². The number of methoxy groups -OCH3 is 1. The molecule has 0 fully saturated rings. The smallest absolute Gasteiger partial charge is 0.268 e. The molecule has 0 spiro atoms. The molecular weight excluding hydrogens is 384 g/mol. The molecule has 0 atom stereocenters. The van der Waals surface area contributed by atoms with Gasteiger partial charge in [0.1, 0.15) is 11.4 Å². The van der Waals surface area contributed by atoms with Gasteiger partial charge in [-0.3, -0.25) is 9.59 Å². The van der Waals surface area contributed by atoms with Crippen molar-refractivity contribution in [1.82, 2.24) is 10.6 Å². The molecule has 0 aliphatic heterocycles. The number of carbonyl (C=O) groups excluding carboxylic acids is 2. The molecule has 0 unspecified atom stereocenters. The highest BCUT2D eigenvalue weighted by molar-refractivity contribution is 7.10. The van der Waals surface area contributed by atoms with Gasteiger partial charge in [0.2, 0.25) is 0 Å². The molecule has 3 rings (SSSR count). The Labute approximate surface area is 174 Å². The average molecular weight is 407 g/mol. The van der Waals surface area contributed by atoms with Crippen LogP contribution < -0.4 is 15.4 Å². The van der Waals surface area contributed by atoms with E-state index in [1.165, 1.54) is 11.3 Å². The third kappa shape index (κ3) is 5.80. The molecule has 5 nitrogen and oxygen atoms in total. The molecule has 148 valence electrons. The van der Waals surface area contributed by atoms with E-state index in [4.69, 9.17) is 4.74 Å². The summed E-state index contributed by atoms with van der Waals surface area (Å²) in [5.41, 5.74) is 2.69. The van der Waals surface area contributed by atoms with Gasteiger partial charge in [-0.05, 0) is 54.3 Å². The van der Waals surface area contributed by atoms with Crippen molar-refractivity contribution in [2.45, 2.75) is 13.5 Å². The lowest BCUT2D eigenvalue weighted by Crippen LogP contribution is -2.34. The fourth-order valence-electron chi connectivity index (χ4n) is 2.59. The van der Waals surface area contributed by atoms with Crippen LogP contribution in [0, 0.1) is 6.92 Å². The maximum absolute atomic E-state index is 12.8. The molecule has 0 saturated carbocycles. The lowest BCUT2D eigenvalue weighted by molar-refractivity contribution is -0.117. The van der Waals surface area contributed by atoms with Crippen LogP contribution in [0.5, 0.6) is 5.75 Å². The van der Waals surface area contributed by atoms with E-state index >= 15 is 0 Å². The summed E-state index contributed by atoms with van der Waals surface area (Å²) in [6, 6.07) is 18.4. The Kier molecular flexibility index (Phi) is 6.81. The van der Waals surface area contributed by atoms with Crippen LogP contribution in [-0.4, -0.2) is 18.9 Å². The quantitative estimate of drug-likeness (QED) is 0.579. The number of ether oxygens (including phenoxy) is 1. The first-order chi connectivity index (χ1) is 14.0. The molecule has 29 heavy (non-hydrogen) atoms. The molecule has 1 heterocycles. The van der Waals surface area contributed by atoms with E-state index in [9.17, 15) is 9.59 Å². The van der Waals surface area contributed by atoms with Crippen molar-refractivity contribution >= 4 is 29.2 Å². The summed E-state index contributed by atoms with van der Waals surface area (Å²) in [7, 11) is 1.61. The second-order valence-corrected chi connectivity index (χ2v) is 7.40. The molecule has 3 aromatic rings. The fourth-order valence-corrected chi connectivity index (χ4v) is 3.25. The van der Waals surface area contributed by atoms with Gasteiger partial charge in [-0.25, -0.2) is 0 Å². The van der Waals surface area contributed by atoms with E-state index in [1.54, 1.807) is 25.3 Å². The van der Waals surface area contributed by atoms with E-state index in [0.717, 1.165) is 21.8 Å². The van der Waals surface area contributed by atoms with Gasteiger partial charge in [0.15, 0.2) is 0 Å². The number of hydrogen-bond donors (Lipinski definition) is 2. The minimum Gasteiger partial charge on any atom is -0.497 e. The number of aryl methyl sites for hydroxylation is 1. The van der Waals surface area contributed by atoms with Crippen LogP contribution in [0.1, 0.15) is 26.4 Å². The highest BCUT2D eigenvalue weighted by Gasteiger charge is 2.15. The summed E-state index contributed by atoms with van der Waals surface area (Å²) in [6.45, 7) is 2.29. The Hall–Kier alpha value is -3.38. The molecule has 2 aromatic carbocycles. The molecule has 0 bridgehead atoms. The topological polar surface area (TPSA) is 67.4 Å². The molecule has 1 aromatic heterocycles. The summed E-state index contributed by atoms with van der Waals surface area (Å²) in [4.78, 5) is 26.3. The second-order valence-electron chi connectivity index (χ2n) is 6.42. The van der Waals surface area contributed by atoms with Crippen molar-refractivity contribution in [3.63, 3.8) is 0 Å². The monoisotopic (exact) mass is 406 g/mol. The zero-order valence-electron chi connectivity index (χ0n) is 16.3. The number of carbonyl (C=O) groups is 2. The molecular formula is C23H22N2O3S. The predicted molar refractivity (Wildman–Crippen MR) is 116 cm³/mol. The van der Waals surface area contributed by atoms with E-state index < -0.39 is 0 Å². The van der Waals surface area contributed by atoms with Gasteiger partial charge < -0.3 is 15.4 Å². The Balaban J connectivity index is 1.73. The van der Waals surface area contributed by atoms with Crippen LogP contribution in [-0.2, 0) is 11.3 Å². The minimum atomic E-state index is -0.352. The second kappa shape index (κ2) is 9.71. The Morgan fingerprint density at radius 3 is 2.38 bits per heavy atom. The van der Waals surface area contributed by atoms with Crippen molar-refractivity contribution in [1.29, 1.82) is 0 Å². The van der Waals surface area contributed by atoms with E-state index in [1.807, 2.05) is 60.8 Å². The van der Waals surface area contributed by atoms with Crippen molar-refractivity contribution in [3.8, 4) is 5.75 Å². The van der Waals surface area contributed by atoms with Crippen LogP contribution in [0.2, 0.25) is 0 Å². The van der Waals surface area contributed by atoms with Gasteiger partial charge in [0.25, 0.3) is 11.8 Å². The van der Waals surface area contributed by atoms with Crippen LogP contribution >= 0.6 is 11.3 Å². The minimum absolute atomic E-state index is 0.200. The Morgan fingerprint density at radius 1 is 1.03 bits per heavy atom. The molecule has 0 saturated heterocycles. The molecule has 2 amide bonds. The number of hydrogen-bond acceptors (Lipinski definition) is 4. The fraction of sp³-hybridized carbons (Fsp3) is 0.130. The van der Waals surface area contributed by atoms with E-state index in [-0.39, 0.29) is 17.5 Å². The van der Waals surface area contributed by atoms with Gasteiger partial charge in [-0.1, -0.05) is 35.9 Å². The predicted octanol–water partition coefficient (Wildman–Crippen LogP) is 4.15. The summed E-state index contributed by atoms with van der Waals surface area (Å²) >= 11 is 1.49. The molecule has 2 N–H and O–H groups in total. The van der Waals surface area contributed by atoms with E-state index in [2.05, 4.69) is 10.6 Å².